The second-order valence-electron chi connectivity index (χ2n) is 3.43. The third kappa shape index (κ3) is 1.06. The highest BCUT2D eigenvalue weighted by atomic mass is 14.2. The Labute approximate surface area is 79.2 Å². The lowest BCUT2D eigenvalue weighted by atomic mass is 10.1. The van der Waals surface area contributed by atoms with E-state index in [0.717, 1.165) is 0 Å². The molecule has 0 N–H and O–H groups in total. The van der Waals surface area contributed by atoms with Crippen molar-refractivity contribution in [3.05, 3.63) is 47.5 Å². The zero-order valence-electron chi connectivity index (χ0n) is 6.88. The van der Waals surface area contributed by atoms with E-state index < -0.39 is 0 Å². The number of benzene rings is 2. The van der Waals surface area contributed by atoms with Gasteiger partial charge < -0.3 is 0 Å². The van der Waals surface area contributed by atoms with Gasteiger partial charge in [-0.1, -0.05) is 43.8 Å². The van der Waals surface area contributed by atoms with Crippen LogP contribution >= 0.6 is 0 Å². The molecule has 0 aromatic heterocycles. The molecule has 0 heteroatoms. The van der Waals surface area contributed by atoms with E-state index in [-0.39, 0.29) is 7.43 Å². The third-order valence-corrected chi connectivity index (χ3v) is 2.74. The van der Waals surface area contributed by atoms with Crippen molar-refractivity contribution in [2.75, 3.05) is 0 Å². The summed E-state index contributed by atoms with van der Waals surface area (Å²) in [6.45, 7) is 0. The Morgan fingerprint density at radius 3 is 1.85 bits per heavy atom. The van der Waals surface area contributed by atoms with Crippen molar-refractivity contribution < 1.29 is 0 Å². The van der Waals surface area contributed by atoms with Gasteiger partial charge in [0, 0.05) is 0 Å². The first-order valence-corrected chi connectivity index (χ1v) is 4.45. The molecule has 0 aliphatic heterocycles. The van der Waals surface area contributed by atoms with E-state index in [1.165, 1.54) is 34.7 Å². The van der Waals surface area contributed by atoms with Crippen molar-refractivity contribution in [3.8, 4) is 0 Å². The normalized spacial score (nSPS) is 12.9. The van der Waals surface area contributed by atoms with Crippen LogP contribution in [0.5, 0.6) is 0 Å². The van der Waals surface area contributed by atoms with Crippen LogP contribution in [0, 0.1) is 0 Å². The number of hydrogen-bond acceptors (Lipinski definition) is 0. The predicted octanol–water partition coefficient (Wildman–Crippen LogP) is 3.57. The van der Waals surface area contributed by atoms with E-state index in [0.29, 0.717) is 0 Å². The zero-order valence-corrected chi connectivity index (χ0v) is 6.88. The van der Waals surface area contributed by atoms with E-state index in [1.54, 1.807) is 0 Å². The molecule has 0 nitrogen and oxygen atoms in total. The Morgan fingerprint density at radius 1 is 0.769 bits per heavy atom. The Kier molecular flexibility index (Phi) is 1.84. The van der Waals surface area contributed by atoms with Crippen LogP contribution in [0.4, 0.5) is 0 Å². The van der Waals surface area contributed by atoms with Crippen LogP contribution in [0.1, 0.15) is 18.6 Å². The van der Waals surface area contributed by atoms with E-state index in [9.17, 15) is 0 Å². The first-order valence-electron chi connectivity index (χ1n) is 4.45. The van der Waals surface area contributed by atoms with E-state index in [2.05, 4.69) is 36.4 Å². The van der Waals surface area contributed by atoms with Crippen LogP contribution in [0.3, 0.4) is 0 Å². The molecule has 0 fully saturated rings. The topological polar surface area (TPSA) is 0 Å². The smallest absolute Gasteiger partial charge is 0.0120 e. The number of hydrogen-bond donors (Lipinski definition) is 0. The molecule has 66 valence electrons. The zero-order chi connectivity index (χ0) is 7.97. The fourth-order valence-corrected chi connectivity index (χ4v) is 2.19. The van der Waals surface area contributed by atoms with Crippen molar-refractivity contribution >= 4 is 10.8 Å². The van der Waals surface area contributed by atoms with Gasteiger partial charge >= 0.3 is 0 Å². The summed E-state index contributed by atoms with van der Waals surface area (Å²) < 4.78 is 0. The highest BCUT2D eigenvalue weighted by molar-refractivity contribution is 5.90. The first-order chi connectivity index (χ1) is 5.95. The number of rotatable bonds is 0. The monoisotopic (exact) mass is 170 g/mol. The van der Waals surface area contributed by atoms with E-state index in [1.807, 2.05) is 0 Å². The highest BCUT2D eigenvalue weighted by Gasteiger charge is 2.11. The maximum absolute atomic E-state index is 2.25. The van der Waals surface area contributed by atoms with Gasteiger partial charge in [0.25, 0.3) is 0 Å². The van der Waals surface area contributed by atoms with Crippen LogP contribution in [-0.4, -0.2) is 0 Å². The summed E-state index contributed by atoms with van der Waals surface area (Å²) in [7, 11) is 0. The molecule has 1 aliphatic carbocycles. The molecule has 0 atom stereocenters. The minimum atomic E-state index is 0. The summed E-state index contributed by atoms with van der Waals surface area (Å²) >= 11 is 0. The van der Waals surface area contributed by atoms with E-state index >= 15 is 0 Å². The summed E-state index contributed by atoms with van der Waals surface area (Å²) in [6.07, 6.45) is 2.47. The van der Waals surface area contributed by atoms with Gasteiger partial charge in [0.1, 0.15) is 0 Å². The quantitative estimate of drug-likeness (QED) is 0.567. The molecule has 0 saturated heterocycles. The van der Waals surface area contributed by atoms with Crippen LogP contribution in [0.25, 0.3) is 10.8 Å². The lowest BCUT2D eigenvalue weighted by molar-refractivity contribution is 1.02. The summed E-state index contributed by atoms with van der Waals surface area (Å²) in [5.74, 6) is 0. The van der Waals surface area contributed by atoms with Crippen LogP contribution in [-0.2, 0) is 12.8 Å². The molecule has 1 aliphatic rings. The molecule has 0 spiro atoms. The van der Waals surface area contributed by atoms with Gasteiger partial charge in [0.05, 0.1) is 0 Å². The van der Waals surface area contributed by atoms with Crippen molar-refractivity contribution in [1.82, 2.24) is 0 Å². The maximum Gasteiger partial charge on any atom is -0.0120 e. The van der Waals surface area contributed by atoms with E-state index in [4.69, 9.17) is 0 Å². The molecular formula is C13H14. The molecule has 0 amide bonds. The van der Waals surface area contributed by atoms with Crippen molar-refractivity contribution in [2.24, 2.45) is 0 Å². The molecule has 2 aromatic carbocycles. The van der Waals surface area contributed by atoms with Crippen LogP contribution < -0.4 is 0 Å². The third-order valence-electron chi connectivity index (χ3n) is 2.74. The Balaban J connectivity index is 0.000000653. The largest absolute Gasteiger partial charge is 0.0776 e. The minimum Gasteiger partial charge on any atom is -0.0776 e. The number of aryl methyl sites for hydroxylation is 2. The van der Waals surface area contributed by atoms with Gasteiger partial charge in [-0.2, -0.15) is 0 Å². The minimum absolute atomic E-state index is 0. The fraction of sp³-hybridized carbons (Fsp3) is 0.231. The van der Waals surface area contributed by atoms with Crippen molar-refractivity contribution in [1.29, 1.82) is 0 Å². The van der Waals surface area contributed by atoms with Gasteiger partial charge in [0.2, 0.25) is 0 Å². The molecule has 0 radical (unpaired) electrons. The van der Waals surface area contributed by atoms with Gasteiger partial charge in [-0.15, -0.1) is 0 Å². The maximum atomic E-state index is 2.25. The lowest BCUT2D eigenvalue weighted by Gasteiger charge is -1.99. The Morgan fingerprint density at radius 2 is 1.31 bits per heavy atom. The van der Waals surface area contributed by atoms with Gasteiger partial charge in [-0.3, -0.25) is 0 Å². The molecule has 0 saturated carbocycles. The highest BCUT2D eigenvalue weighted by Crippen LogP contribution is 2.29. The Bertz CT molecular complexity index is 402. The summed E-state index contributed by atoms with van der Waals surface area (Å²) in [5.41, 5.74) is 3.06. The molecule has 3 rings (SSSR count). The first kappa shape index (κ1) is 8.31. The summed E-state index contributed by atoms with van der Waals surface area (Å²) in [4.78, 5) is 0. The van der Waals surface area contributed by atoms with Crippen LogP contribution in [0.15, 0.2) is 36.4 Å². The van der Waals surface area contributed by atoms with Gasteiger partial charge in [0.15, 0.2) is 0 Å². The second kappa shape index (κ2) is 2.88. The summed E-state index contributed by atoms with van der Waals surface area (Å²) in [6, 6.07) is 13.2. The van der Waals surface area contributed by atoms with Crippen molar-refractivity contribution in [2.45, 2.75) is 20.3 Å². The molecule has 0 bridgehead atoms. The SMILES string of the molecule is C.c1cc2c3c(cccc3c1)CC2. The van der Waals surface area contributed by atoms with Gasteiger partial charge in [-0.25, -0.2) is 0 Å². The molecule has 13 heavy (non-hydrogen) atoms. The fourth-order valence-electron chi connectivity index (χ4n) is 2.19. The molecule has 2 aromatic rings. The Hall–Kier alpha value is -1.30. The molecule has 0 heterocycles. The standard InChI is InChI=1S/C12H10.CH4/c1-3-9-4-2-6-11-8-7-10(5-1)12(9)11;/h1-6H,7-8H2;1H4. The molecular weight excluding hydrogens is 156 g/mol. The average molecular weight is 170 g/mol. The predicted molar refractivity (Wildman–Crippen MR) is 58.1 cm³/mol. The molecule has 0 unspecified atom stereocenters. The van der Waals surface area contributed by atoms with Crippen molar-refractivity contribution in [3.63, 3.8) is 0 Å². The van der Waals surface area contributed by atoms with Crippen LogP contribution in [0.2, 0.25) is 0 Å². The lowest BCUT2D eigenvalue weighted by Crippen LogP contribution is -1.76. The average Bonchev–Trinajstić information content (AvgIpc) is 2.52. The second-order valence-corrected chi connectivity index (χ2v) is 3.43. The van der Waals surface area contributed by atoms with Gasteiger partial charge in [-0.05, 0) is 34.7 Å². The summed E-state index contributed by atoms with van der Waals surface area (Å²) in [5, 5.41) is 2.92.